The van der Waals surface area contributed by atoms with Crippen LogP contribution in [0.4, 0.5) is 0 Å². The van der Waals surface area contributed by atoms with E-state index in [1.54, 1.807) is 24.3 Å². The quantitative estimate of drug-likeness (QED) is 0.579. The van der Waals surface area contributed by atoms with Crippen LogP contribution in [0.25, 0.3) is 0 Å². The number of hydrogen-bond acceptors (Lipinski definition) is 6. The molecular weight excluding hydrogens is 436 g/mol. The van der Waals surface area contributed by atoms with Crippen molar-refractivity contribution in [3.8, 4) is 0 Å². The molecule has 8 nitrogen and oxygen atoms in total. The normalized spacial score (nSPS) is 22.1. The molecule has 1 N–H and O–H groups in total. The van der Waals surface area contributed by atoms with Crippen molar-refractivity contribution in [3.63, 3.8) is 0 Å². The Balaban J connectivity index is 1.75. The number of sulfonamides is 2. The van der Waals surface area contributed by atoms with Gasteiger partial charge in [-0.1, -0.05) is 24.1 Å². The average Bonchev–Trinajstić information content (AvgIpc) is 2.75. The van der Waals surface area contributed by atoms with Crippen molar-refractivity contribution in [1.82, 2.24) is 18.8 Å². The lowest BCUT2D eigenvalue weighted by molar-refractivity contribution is 0.152. The maximum atomic E-state index is 13.4. The molecule has 0 radical (unpaired) electrons. The Bertz CT molecular complexity index is 913. The first-order valence-electron chi connectivity index (χ1n) is 11.2. The van der Waals surface area contributed by atoms with Crippen molar-refractivity contribution in [1.29, 1.82) is 0 Å². The van der Waals surface area contributed by atoms with E-state index in [4.69, 9.17) is 0 Å². The van der Waals surface area contributed by atoms with Crippen LogP contribution >= 0.6 is 0 Å². The summed E-state index contributed by atoms with van der Waals surface area (Å²) in [7, 11) is -7.29. The van der Waals surface area contributed by atoms with Gasteiger partial charge in [0.15, 0.2) is 0 Å². The van der Waals surface area contributed by atoms with Gasteiger partial charge in [0.25, 0.3) is 0 Å². The Morgan fingerprint density at radius 3 is 2.32 bits per heavy atom. The van der Waals surface area contributed by atoms with Gasteiger partial charge in [0.2, 0.25) is 20.0 Å². The number of piperidine rings is 1. The molecule has 0 aromatic heterocycles. The van der Waals surface area contributed by atoms with Gasteiger partial charge < -0.3 is 5.32 Å². The first kappa shape index (κ1) is 24.6. The van der Waals surface area contributed by atoms with Crippen LogP contribution in [-0.4, -0.2) is 94.5 Å². The largest absolute Gasteiger partial charge is 0.314 e. The van der Waals surface area contributed by atoms with Crippen LogP contribution in [-0.2, 0) is 20.0 Å². The molecule has 31 heavy (non-hydrogen) atoms. The lowest BCUT2D eigenvalue weighted by Crippen LogP contribution is -2.49. The SMILES string of the molecule is Cc1ccc(S(=O)(=O)N(CCN2CCCC[C@H]2C)CCS(=O)(=O)N2CCNCC2)cc1. The predicted octanol–water partition coefficient (Wildman–Crippen LogP) is 1.10. The number of aryl methyl sites for hydroxylation is 1. The van der Waals surface area contributed by atoms with E-state index in [0.29, 0.717) is 38.8 Å². The molecule has 2 saturated heterocycles. The van der Waals surface area contributed by atoms with Crippen LogP contribution in [0.15, 0.2) is 29.2 Å². The molecule has 1 aromatic rings. The van der Waals surface area contributed by atoms with Gasteiger partial charge in [0.05, 0.1) is 10.6 Å². The van der Waals surface area contributed by atoms with Gasteiger partial charge in [-0.05, 0) is 45.4 Å². The number of likely N-dealkylation sites (tertiary alicyclic amines) is 1. The summed E-state index contributed by atoms with van der Waals surface area (Å²) in [5.41, 5.74) is 0.980. The fourth-order valence-corrected chi connectivity index (χ4v) is 7.21. The van der Waals surface area contributed by atoms with Crippen LogP contribution < -0.4 is 5.32 Å². The van der Waals surface area contributed by atoms with E-state index in [1.807, 2.05) is 6.92 Å². The summed E-state index contributed by atoms with van der Waals surface area (Å²) in [5, 5.41) is 3.14. The van der Waals surface area contributed by atoms with E-state index in [1.165, 1.54) is 15.0 Å². The first-order chi connectivity index (χ1) is 14.7. The van der Waals surface area contributed by atoms with E-state index in [2.05, 4.69) is 17.1 Å². The minimum Gasteiger partial charge on any atom is -0.314 e. The third kappa shape index (κ3) is 6.49. The Kier molecular flexibility index (Phi) is 8.51. The molecule has 0 aliphatic carbocycles. The van der Waals surface area contributed by atoms with E-state index in [-0.39, 0.29) is 23.7 Å². The molecule has 0 saturated carbocycles. The van der Waals surface area contributed by atoms with Crippen molar-refractivity contribution in [2.24, 2.45) is 0 Å². The van der Waals surface area contributed by atoms with Gasteiger partial charge in [-0.25, -0.2) is 16.8 Å². The van der Waals surface area contributed by atoms with Crippen molar-refractivity contribution < 1.29 is 16.8 Å². The smallest absolute Gasteiger partial charge is 0.243 e. The standard InChI is InChI=1S/C21H36N4O4S2/c1-19-6-8-21(9-7-19)31(28,29)25(16-15-23-12-4-3-5-20(23)2)17-18-30(26,27)24-13-10-22-11-14-24/h6-9,20,22H,3-5,10-18H2,1-2H3/t20-/m1/s1. The fourth-order valence-electron chi connectivity index (χ4n) is 4.21. The summed E-state index contributed by atoms with van der Waals surface area (Å²) in [6, 6.07) is 7.17. The molecule has 176 valence electrons. The third-order valence-electron chi connectivity index (χ3n) is 6.30. The van der Waals surface area contributed by atoms with Crippen LogP contribution in [0.3, 0.4) is 0 Å². The molecule has 3 rings (SSSR count). The minimum absolute atomic E-state index is 0.0370. The van der Waals surface area contributed by atoms with Gasteiger partial charge in [0, 0.05) is 51.9 Å². The molecule has 1 atom stereocenters. The summed E-state index contributed by atoms with van der Waals surface area (Å²) >= 11 is 0. The zero-order valence-electron chi connectivity index (χ0n) is 18.7. The molecule has 2 aliphatic rings. The molecule has 2 heterocycles. The number of rotatable bonds is 9. The van der Waals surface area contributed by atoms with Crippen LogP contribution in [0.2, 0.25) is 0 Å². The highest BCUT2D eigenvalue weighted by atomic mass is 32.2. The number of benzene rings is 1. The molecule has 2 fully saturated rings. The van der Waals surface area contributed by atoms with Crippen LogP contribution in [0, 0.1) is 6.92 Å². The zero-order chi connectivity index (χ0) is 22.5. The summed E-state index contributed by atoms with van der Waals surface area (Å²) in [4.78, 5) is 2.52. The van der Waals surface area contributed by atoms with Gasteiger partial charge in [-0.2, -0.15) is 8.61 Å². The van der Waals surface area contributed by atoms with E-state index >= 15 is 0 Å². The van der Waals surface area contributed by atoms with Crippen molar-refractivity contribution >= 4 is 20.0 Å². The Hall–Kier alpha value is -1.04. The molecular formula is C21H36N4O4S2. The van der Waals surface area contributed by atoms with Crippen LogP contribution in [0.1, 0.15) is 31.7 Å². The molecule has 0 spiro atoms. The highest BCUT2D eigenvalue weighted by Crippen LogP contribution is 2.20. The molecule has 0 unspecified atom stereocenters. The lowest BCUT2D eigenvalue weighted by atomic mass is 10.0. The summed E-state index contributed by atoms with van der Waals surface area (Å²) in [5.74, 6) is -0.201. The molecule has 2 aliphatic heterocycles. The second kappa shape index (κ2) is 10.7. The van der Waals surface area contributed by atoms with E-state index in [0.717, 1.165) is 24.9 Å². The van der Waals surface area contributed by atoms with Gasteiger partial charge in [-0.3, -0.25) is 4.90 Å². The number of nitrogens with zero attached hydrogens (tertiary/aromatic N) is 3. The molecule has 0 bridgehead atoms. The Morgan fingerprint density at radius 1 is 1.00 bits per heavy atom. The third-order valence-corrected chi connectivity index (χ3v) is 10.1. The van der Waals surface area contributed by atoms with Crippen molar-refractivity contribution in [3.05, 3.63) is 29.8 Å². The predicted molar refractivity (Wildman–Crippen MR) is 123 cm³/mol. The number of nitrogens with one attached hydrogen (secondary N) is 1. The maximum absolute atomic E-state index is 13.4. The van der Waals surface area contributed by atoms with Gasteiger partial charge in [-0.15, -0.1) is 0 Å². The highest BCUT2D eigenvalue weighted by molar-refractivity contribution is 7.90. The number of hydrogen-bond donors (Lipinski definition) is 1. The Labute approximate surface area is 187 Å². The summed E-state index contributed by atoms with van der Waals surface area (Å²) in [6.07, 6.45) is 3.43. The second-order valence-corrected chi connectivity index (χ2v) is 12.6. The number of piperazine rings is 1. The lowest BCUT2D eigenvalue weighted by Gasteiger charge is -2.35. The fraction of sp³-hybridized carbons (Fsp3) is 0.714. The first-order valence-corrected chi connectivity index (χ1v) is 14.2. The topological polar surface area (TPSA) is 90.0 Å². The van der Waals surface area contributed by atoms with E-state index < -0.39 is 20.0 Å². The molecule has 10 heteroatoms. The van der Waals surface area contributed by atoms with E-state index in [9.17, 15) is 16.8 Å². The van der Waals surface area contributed by atoms with Crippen molar-refractivity contribution in [2.45, 2.75) is 44.0 Å². The average molecular weight is 473 g/mol. The second-order valence-electron chi connectivity index (χ2n) is 8.56. The monoisotopic (exact) mass is 472 g/mol. The molecule has 1 aromatic carbocycles. The van der Waals surface area contributed by atoms with Crippen molar-refractivity contribution in [2.75, 3.05) is 58.1 Å². The van der Waals surface area contributed by atoms with Crippen LogP contribution in [0.5, 0.6) is 0 Å². The minimum atomic E-state index is -3.78. The Morgan fingerprint density at radius 2 is 1.68 bits per heavy atom. The summed E-state index contributed by atoms with van der Waals surface area (Å²) < 4.78 is 55.2. The zero-order valence-corrected chi connectivity index (χ0v) is 20.3. The van der Waals surface area contributed by atoms with Gasteiger partial charge >= 0.3 is 0 Å². The maximum Gasteiger partial charge on any atom is 0.243 e. The molecule has 0 amide bonds. The van der Waals surface area contributed by atoms with Gasteiger partial charge in [0.1, 0.15) is 0 Å². The summed E-state index contributed by atoms with van der Waals surface area (Å²) in [6.45, 7) is 8.01. The highest BCUT2D eigenvalue weighted by Gasteiger charge is 2.30.